The zero-order valence-corrected chi connectivity index (χ0v) is 24.0. The third-order valence-corrected chi connectivity index (χ3v) is 7.10. The highest BCUT2D eigenvalue weighted by Crippen LogP contribution is 2.31. The number of methoxy groups -OCH3 is 2. The Morgan fingerprint density at radius 1 is 0.860 bits per heavy atom. The minimum Gasteiger partial charge on any atom is -0.467 e. The molecule has 0 aliphatic carbocycles. The van der Waals surface area contributed by atoms with Crippen LogP contribution in [0, 0.1) is 0 Å². The molecule has 0 aromatic heterocycles. The van der Waals surface area contributed by atoms with E-state index in [0.29, 0.717) is 30.6 Å². The van der Waals surface area contributed by atoms with E-state index < -0.39 is 35.9 Å². The number of carbonyl (C=O) groups excluding carboxylic acids is 5. The third kappa shape index (κ3) is 7.07. The molecule has 0 spiro atoms. The molecule has 1 aliphatic heterocycles. The molecule has 11 nitrogen and oxygen atoms in total. The summed E-state index contributed by atoms with van der Waals surface area (Å²) in [7, 11) is 2.42. The van der Waals surface area contributed by atoms with Gasteiger partial charge in [-0.2, -0.15) is 0 Å². The SMILES string of the molecule is COC(=O)c1ccc(C(=O)N(C(=O)c2ccc3c(c2)CCN3C(=O)OCc2ccccc2)[C@@H](CCCN)C(=O)OC)cc1. The second-order valence-electron chi connectivity index (χ2n) is 9.80. The van der Waals surface area contributed by atoms with Crippen molar-refractivity contribution in [1.82, 2.24) is 4.90 Å². The molecule has 11 heteroatoms. The van der Waals surface area contributed by atoms with Crippen LogP contribution in [0.15, 0.2) is 72.8 Å². The summed E-state index contributed by atoms with van der Waals surface area (Å²) in [5.74, 6) is -2.82. The molecular weight excluding hydrogens is 554 g/mol. The molecule has 0 unspecified atom stereocenters. The average molecular weight is 588 g/mol. The molecule has 0 saturated carbocycles. The van der Waals surface area contributed by atoms with E-state index >= 15 is 0 Å². The Bertz CT molecular complexity index is 1490. The van der Waals surface area contributed by atoms with E-state index in [1.165, 1.54) is 49.5 Å². The Hall–Kier alpha value is -5.03. The van der Waals surface area contributed by atoms with Crippen molar-refractivity contribution < 1.29 is 38.2 Å². The van der Waals surface area contributed by atoms with Gasteiger partial charge in [-0.1, -0.05) is 30.3 Å². The first-order valence-corrected chi connectivity index (χ1v) is 13.7. The first kappa shape index (κ1) is 30.9. The van der Waals surface area contributed by atoms with Gasteiger partial charge in [0.1, 0.15) is 12.6 Å². The standard InChI is InChI=1S/C32H33N3O8/c1-41-30(38)23-12-10-22(11-13-23)28(36)35(27(9-6-17-33)31(39)42-2)29(37)25-14-15-26-24(19-25)16-18-34(26)32(40)43-20-21-7-4-3-5-8-21/h3-5,7-8,10-15,19,27H,6,9,16-18,20,33H2,1-2H3/t27-/m0/s1. The maximum absolute atomic E-state index is 14.0. The number of rotatable bonds is 10. The smallest absolute Gasteiger partial charge is 0.414 e. The highest BCUT2D eigenvalue weighted by atomic mass is 16.6. The van der Waals surface area contributed by atoms with Gasteiger partial charge in [-0.15, -0.1) is 0 Å². The number of nitrogens with zero attached hydrogens (tertiary/aromatic N) is 2. The Morgan fingerprint density at radius 2 is 1.51 bits per heavy atom. The first-order valence-electron chi connectivity index (χ1n) is 13.7. The number of imide groups is 1. The fourth-order valence-electron chi connectivity index (χ4n) is 4.84. The molecule has 3 amide bonds. The lowest BCUT2D eigenvalue weighted by atomic mass is 10.0. The predicted octanol–water partition coefficient (Wildman–Crippen LogP) is 3.74. The molecule has 43 heavy (non-hydrogen) atoms. The number of benzene rings is 3. The number of anilines is 1. The fourth-order valence-corrected chi connectivity index (χ4v) is 4.84. The van der Waals surface area contributed by atoms with E-state index in [1.54, 1.807) is 12.1 Å². The lowest BCUT2D eigenvalue weighted by molar-refractivity contribution is -0.145. The molecule has 224 valence electrons. The minimum atomic E-state index is -1.24. The van der Waals surface area contributed by atoms with Gasteiger partial charge >= 0.3 is 18.0 Å². The summed E-state index contributed by atoms with van der Waals surface area (Å²) in [6, 6.07) is 18.4. The van der Waals surface area contributed by atoms with Crippen LogP contribution in [-0.2, 0) is 32.0 Å². The van der Waals surface area contributed by atoms with Crippen molar-refractivity contribution in [2.75, 3.05) is 32.2 Å². The van der Waals surface area contributed by atoms with Gasteiger partial charge in [0.2, 0.25) is 0 Å². The zero-order valence-electron chi connectivity index (χ0n) is 24.0. The molecule has 0 bridgehead atoms. The van der Waals surface area contributed by atoms with E-state index in [4.69, 9.17) is 19.9 Å². The molecule has 2 N–H and O–H groups in total. The van der Waals surface area contributed by atoms with Gasteiger partial charge in [0, 0.05) is 17.7 Å². The summed E-state index contributed by atoms with van der Waals surface area (Å²) < 4.78 is 15.1. The largest absolute Gasteiger partial charge is 0.467 e. The van der Waals surface area contributed by atoms with Gasteiger partial charge < -0.3 is 19.9 Å². The quantitative estimate of drug-likeness (QED) is 0.213. The van der Waals surface area contributed by atoms with Crippen molar-refractivity contribution in [1.29, 1.82) is 0 Å². The van der Waals surface area contributed by atoms with Crippen molar-refractivity contribution in [3.8, 4) is 0 Å². The molecule has 1 atom stereocenters. The Kier molecular flexibility index (Phi) is 10.2. The fraction of sp³-hybridized carbons (Fsp3) is 0.281. The lowest BCUT2D eigenvalue weighted by Crippen LogP contribution is -2.49. The summed E-state index contributed by atoms with van der Waals surface area (Å²) in [5, 5.41) is 0. The molecule has 0 radical (unpaired) electrons. The van der Waals surface area contributed by atoms with Crippen molar-refractivity contribution in [3.05, 3.63) is 101 Å². The van der Waals surface area contributed by atoms with Gasteiger partial charge in [0.05, 0.1) is 25.5 Å². The summed E-state index contributed by atoms with van der Waals surface area (Å²) in [6.07, 6.45) is 0.393. The molecule has 3 aromatic carbocycles. The lowest BCUT2D eigenvalue weighted by Gasteiger charge is -2.29. The number of carbonyl (C=O) groups is 5. The Balaban J connectivity index is 1.61. The number of hydrogen-bond acceptors (Lipinski definition) is 9. The molecule has 0 saturated heterocycles. The van der Waals surface area contributed by atoms with Crippen LogP contribution in [0.2, 0.25) is 0 Å². The van der Waals surface area contributed by atoms with Gasteiger partial charge in [0.25, 0.3) is 11.8 Å². The minimum absolute atomic E-state index is 0.0798. The molecular formula is C32H33N3O8. The number of hydrogen-bond donors (Lipinski definition) is 1. The van der Waals surface area contributed by atoms with Crippen molar-refractivity contribution in [2.45, 2.75) is 31.9 Å². The van der Waals surface area contributed by atoms with E-state index in [9.17, 15) is 24.0 Å². The van der Waals surface area contributed by atoms with Crippen LogP contribution in [0.3, 0.4) is 0 Å². The zero-order chi connectivity index (χ0) is 30.9. The number of esters is 2. The number of fused-ring (bicyclic) bond motifs is 1. The first-order chi connectivity index (χ1) is 20.8. The number of amides is 3. The summed E-state index contributed by atoms with van der Waals surface area (Å²) >= 11 is 0. The van der Waals surface area contributed by atoms with E-state index in [1.807, 2.05) is 30.3 Å². The highest BCUT2D eigenvalue weighted by Gasteiger charge is 2.37. The number of ether oxygens (including phenoxy) is 3. The summed E-state index contributed by atoms with van der Waals surface area (Å²) in [5.41, 5.74) is 8.30. The van der Waals surface area contributed by atoms with Crippen molar-refractivity contribution >= 4 is 35.5 Å². The summed E-state index contributed by atoms with van der Waals surface area (Å²) in [4.78, 5) is 67.7. The van der Waals surface area contributed by atoms with Crippen LogP contribution in [0.4, 0.5) is 10.5 Å². The molecule has 0 fully saturated rings. The van der Waals surface area contributed by atoms with Crippen LogP contribution in [-0.4, -0.2) is 68.1 Å². The highest BCUT2D eigenvalue weighted by molar-refractivity contribution is 6.13. The molecule has 1 aliphatic rings. The van der Waals surface area contributed by atoms with Gasteiger partial charge in [-0.05, 0) is 79.4 Å². The normalized spacial score (nSPS) is 12.6. The van der Waals surface area contributed by atoms with Crippen LogP contribution in [0.1, 0.15) is 55.0 Å². The maximum Gasteiger partial charge on any atom is 0.414 e. The topological polar surface area (TPSA) is 146 Å². The molecule has 3 aromatic rings. The van der Waals surface area contributed by atoms with Crippen LogP contribution < -0.4 is 10.6 Å². The van der Waals surface area contributed by atoms with Crippen molar-refractivity contribution in [3.63, 3.8) is 0 Å². The second-order valence-corrected chi connectivity index (χ2v) is 9.80. The molecule has 1 heterocycles. The average Bonchev–Trinajstić information content (AvgIpc) is 3.48. The third-order valence-electron chi connectivity index (χ3n) is 7.10. The van der Waals surface area contributed by atoms with Crippen LogP contribution >= 0.6 is 0 Å². The maximum atomic E-state index is 14.0. The second kappa shape index (κ2) is 14.2. The molecule has 4 rings (SSSR count). The van der Waals surface area contributed by atoms with Crippen LogP contribution in [0.5, 0.6) is 0 Å². The summed E-state index contributed by atoms with van der Waals surface area (Å²) in [6.45, 7) is 0.709. The van der Waals surface area contributed by atoms with E-state index in [2.05, 4.69) is 0 Å². The van der Waals surface area contributed by atoms with Crippen molar-refractivity contribution in [2.24, 2.45) is 5.73 Å². The Morgan fingerprint density at radius 3 is 2.16 bits per heavy atom. The van der Waals surface area contributed by atoms with Gasteiger partial charge in [-0.3, -0.25) is 19.4 Å². The number of nitrogens with two attached hydrogens (primary N) is 1. The predicted molar refractivity (Wildman–Crippen MR) is 156 cm³/mol. The van der Waals surface area contributed by atoms with Gasteiger partial charge in [0.15, 0.2) is 0 Å². The Labute approximate surface area is 249 Å². The van der Waals surface area contributed by atoms with Gasteiger partial charge in [-0.25, -0.2) is 14.4 Å². The van der Waals surface area contributed by atoms with E-state index in [-0.39, 0.29) is 36.3 Å². The van der Waals surface area contributed by atoms with Crippen LogP contribution in [0.25, 0.3) is 0 Å². The van der Waals surface area contributed by atoms with E-state index in [0.717, 1.165) is 10.5 Å². The monoisotopic (exact) mass is 587 g/mol.